The molecule has 76 valence electrons. The Balaban J connectivity index is 2.21. The van der Waals surface area contributed by atoms with Crippen LogP contribution in [0.1, 0.15) is 37.3 Å². The molecule has 1 heteroatoms. The van der Waals surface area contributed by atoms with Gasteiger partial charge in [0.05, 0.1) is 0 Å². The van der Waals surface area contributed by atoms with E-state index in [1.54, 1.807) is 0 Å². The molecule has 0 spiro atoms. The fourth-order valence-electron chi connectivity index (χ4n) is 2.48. The number of nitrogens with two attached hydrogens (primary N) is 1. The van der Waals surface area contributed by atoms with E-state index in [0.29, 0.717) is 5.92 Å². The largest absolute Gasteiger partial charge is 0.321 e. The van der Waals surface area contributed by atoms with E-state index in [-0.39, 0.29) is 5.54 Å². The molecule has 2 N–H and O–H groups in total. The van der Waals surface area contributed by atoms with Crippen molar-refractivity contribution >= 4 is 0 Å². The molecule has 1 aromatic rings. The molecular formula is C13H19N. The summed E-state index contributed by atoms with van der Waals surface area (Å²) in [7, 11) is 0. The van der Waals surface area contributed by atoms with Crippen LogP contribution in [-0.4, -0.2) is 0 Å². The smallest absolute Gasteiger partial charge is 0.0445 e. The van der Waals surface area contributed by atoms with E-state index in [1.165, 1.54) is 30.4 Å². The molecule has 0 saturated heterocycles. The van der Waals surface area contributed by atoms with E-state index in [4.69, 9.17) is 5.73 Å². The minimum atomic E-state index is 0.00134. The van der Waals surface area contributed by atoms with Crippen molar-refractivity contribution in [1.82, 2.24) is 0 Å². The van der Waals surface area contributed by atoms with Crippen LogP contribution in [0.15, 0.2) is 24.3 Å². The van der Waals surface area contributed by atoms with Crippen molar-refractivity contribution in [3.8, 4) is 0 Å². The van der Waals surface area contributed by atoms with Gasteiger partial charge in [0.15, 0.2) is 0 Å². The summed E-state index contributed by atoms with van der Waals surface area (Å²) in [5.74, 6) is 0.716. The molecular weight excluding hydrogens is 170 g/mol. The topological polar surface area (TPSA) is 26.0 Å². The van der Waals surface area contributed by atoms with E-state index in [9.17, 15) is 0 Å². The van der Waals surface area contributed by atoms with Gasteiger partial charge >= 0.3 is 0 Å². The van der Waals surface area contributed by atoms with Crippen LogP contribution >= 0.6 is 0 Å². The average molecular weight is 189 g/mol. The second-order valence-corrected chi connectivity index (χ2v) is 4.55. The Bertz CT molecular complexity index is 332. The van der Waals surface area contributed by atoms with Crippen molar-refractivity contribution in [3.05, 3.63) is 35.4 Å². The van der Waals surface area contributed by atoms with Crippen LogP contribution in [0.4, 0.5) is 0 Å². The van der Waals surface area contributed by atoms with E-state index >= 15 is 0 Å². The van der Waals surface area contributed by atoms with Crippen LogP contribution in [0, 0.1) is 12.8 Å². The van der Waals surface area contributed by atoms with Gasteiger partial charge in [0.25, 0.3) is 0 Å². The summed E-state index contributed by atoms with van der Waals surface area (Å²) in [5, 5.41) is 0. The third kappa shape index (κ3) is 1.46. The molecule has 2 unspecified atom stereocenters. The second kappa shape index (κ2) is 3.39. The Labute approximate surface area is 86.3 Å². The van der Waals surface area contributed by atoms with Crippen molar-refractivity contribution < 1.29 is 0 Å². The lowest BCUT2D eigenvalue weighted by molar-refractivity contribution is 0.581. The highest BCUT2D eigenvalue weighted by Crippen LogP contribution is 2.52. The fourth-order valence-corrected chi connectivity index (χ4v) is 2.48. The molecule has 0 bridgehead atoms. The van der Waals surface area contributed by atoms with Crippen LogP contribution in [0.3, 0.4) is 0 Å². The average Bonchev–Trinajstić information content (AvgIpc) is 2.79. The maximum absolute atomic E-state index is 6.40. The third-order valence-electron chi connectivity index (χ3n) is 3.44. The zero-order chi connectivity index (χ0) is 10.2. The summed E-state index contributed by atoms with van der Waals surface area (Å²) in [6, 6.07) is 8.52. The molecule has 0 aromatic heterocycles. The molecule has 1 aliphatic rings. The minimum absolute atomic E-state index is 0.00134. The summed E-state index contributed by atoms with van der Waals surface area (Å²) in [4.78, 5) is 0. The minimum Gasteiger partial charge on any atom is -0.321 e. The van der Waals surface area contributed by atoms with Gasteiger partial charge in [0, 0.05) is 5.54 Å². The second-order valence-electron chi connectivity index (χ2n) is 4.55. The number of hydrogen-bond donors (Lipinski definition) is 1. The number of rotatable bonds is 3. The predicted octanol–water partition coefficient (Wildman–Crippen LogP) is 2.97. The van der Waals surface area contributed by atoms with Crippen LogP contribution < -0.4 is 5.73 Å². The lowest BCUT2D eigenvalue weighted by Crippen LogP contribution is -2.23. The van der Waals surface area contributed by atoms with Crippen molar-refractivity contribution in [2.24, 2.45) is 11.7 Å². The van der Waals surface area contributed by atoms with Gasteiger partial charge in [0.1, 0.15) is 0 Å². The zero-order valence-electron chi connectivity index (χ0n) is 9.09. The lowest BCUT2D eigenvalue weighted by Gasteiger charge is -2.14. The van der Waals surface area contributed by atoms with Crippen LogP contribution in [-0.2, 0) is 5.54 Å². The van der Waals surface area contributed by atoms with Gasteiger partial charge in [-0.3, -0.25) is 0 Å². The van der Waals surface area contributed by atoms with Gasteiger partial charge < -0.3 is 5.73 Å². The maximum atomic E-state index is 6.40. The highest BCUT2D eigenvalue weighted by molar-refractivity contribution is 5.38. The number of aryl methyl sites for hydroxylation is 1. The molecule has 2 rings (SSSR count). The molecule has 0 amide bonds. The lowest BCUT2D eigenvalue weighted by atomic mass is 9.97. The zero-order valence-corrected chi connectivity index (χ0v) is 9.09. The molecule has 0 aliphatic heterocycles. The highest BCUT2D eigenvalue weighted by atomic mass is 14.9. The van der Waals surface area contributed by atoms with Crippen LogP contribution in [0.5, 0.6) is 0 Å². The maximum Gasteiger partial charge on any atom is 0.0445 e. The molecule has 1 saturated carbocycles. The van der Waals surface area contributed by atoms with E-state index in [0.717, 1.165) is 0 Å². The van der Waals surface area contributed by atoms with Gasteiger partial charge in [0.2, 0.25) is 0 Å². The van der Waals surface area contributed by atoms with Gasteiger partial charge in [-0.25, -0.2) is 0 Å². The quantitative estimate of drug-likeness (QED) is 0.777. The van der Waals surface area contributed by atoms with Crippen LogP contribution in [0.25, 0.3) is 0 Å². The van der Waals surface area contributed by atoms with E-state index < -0.39 is 0 Å². The Morgan fingerprint density at radius 3 is 2.79 bits per heavy atom. The molecule has 1 aliphatic carbocycles. The summed E-state index contributed by atoms with van der Waals surface area (Å²) in [6.07, 6.45) is 3.69. The van der Waals surface area contributed by atoms with Crippen molar-refractivity contribution in [3.63, 3.8) is 0 Å². The Kier molecular flexibility index (Phi) is 2.36. The Morgan fingerprint density at radius 1 is 1.43 bits per heavy atom. The molecule has 2 atom stereocenters. The highest BCUT2D eigenvalue weighted by Gasteiger charge is 2.51. The third-order valence-corrected chi connectivity index (χ3v) is 3.44. The first-order valence-corrected chi connectivity index (χ1v) is 5.53. The first-order valence-electron chi connectivity index (χ1n) is 5.53. The summed E-state index contributed by atoms with van der Waals surface area (Å²) >= 11 is 0. The summed E-state index contributed by atoms with van der Waals surface area (Å²) in [5.41, 5.74) is 9.10. The standard InChI is InChI=1S/C13H19N/c1-3-6-11-9-13(11,14)12-8-5-4-7-10(12)2/h4-5,7-8,11H,3,6,9,14H2,1-2H3. The molecule has 1 fully saturated rings. The van der Waals surface area contributed by atoms with Crippen LogP contribution in [0.2, 0.25) is 0 Å². The van der Waals surface area contributed by atoms with Gasteiger partial charge in [-0.05, 0) is 36.8 Å². The SMILES string of the molecule is CCCC1CC1(N)c1ccccc1C. The monoisotopic (exact) mass is 189 g/mol. The molecule has 14 heavy (non-hydrogen) atoms. The van der Waals surface area contributed by atoms with E-state index in [2.05, 4.69) is 38.1 Å². The summed E-state index contributed by atoms with van der Waals surface area (Å²) in [6.45, 7) is 4.39. The van der Waals surface area contributed by atoms with Crippen molar-refractivity contribution in [2.45, 2.75) is 38.6 Å². The molecule has 0 heterocycles. The van der Waals surface area contributed by atoms with Gasteiger partial charge in [-0.15, -0.1) is 0 Å². The fraction of sp³-hybridized carbons (Fsp3) is 0.538. The molecule has 0 radical (unpaired) electrons. The summed E-state index contributed by atoms with van der Waals surface area (Å²) < 4.78 is 0. The normalized spacial score (nSPS) is 30.4. The van der Waals surface area contributed by atoms with Gasteiger partial charge in [-0.2, -0.15) is 0 Å². The molecule has 1 nitrogen and oxygen atoms in total. The Hall–Kier alpha value is -0.820. The first-order chi connectivity index (χ1) is 6.68. The Morgan fingerprint density at radius 2 is 2.14 bits per heavy atom. The number of benzene rings is 1. The number of hydrogen-bond acceptors (Lipinski definition) is 1. The van der Waals surface area contributed by atoms with Crippen molar-refractivity contribution in [2.75, 3.05) is 0 Å². The van der Waals surface area contributed by atoms with E-state index in [1.807, 2.05) is 0 Å². The van der Waals surface area contributed by atoms with Gasteiger partial charge in [-0.1, -0.05) is 37.6 Å². The first kappa shape index (κ1) is 9.72. The predicted molar refractivity (Wildman–Crippen MR) is 60.1 cm³/mol. The molecule has 1 aromatic carbocycles. The van der Waals surface area contributed by atoms with Crippen molar-refractivity contribution in [1.29, 1.82) is 0 Å².